The highest BCUT2D eigenvalue weighted by molar-refractivity contribution is 6.05. The summed E-state index contributed by atoms with van der Waals surface area (Å²) in [5.41, 5.74) is 2.37. The summed E-state index contributed by atoms with van der Waals surface area (Å²) < 4.78 is 6.64. The van der Waals surface area contributed by atoms with Gasteiger partial charge in [0, 0.05) is 16.5 Å². The summed E-state index contributed by atoms with van der Waals surface area (Å²) in [6, 6.07) is 11.9. The predicted octanol–water partition coefficient (Wildman–Crippen LogP) is 3.61. The molecule has 26 heavy (non-hydrogen) atoms. The summed E-state index contributed by atoms with van der Waals surface area (Å²) >= 11 is 0. The molecule has 0 fully saturated rings. The second-order valence-electron chi connectivity index (χ2n) is 5.88. The summed E-state index contributed by atoms with van der Waals surface area (Å²) in [5.74, 6) is -0.684. The third-order valence-corrected chi connectivity index (χ3v) is 4.04. The van der Waals surface area contributed by atoms with Crippen molar-refractivity contribution in [3.63, 3.8) is 0 Å². The number of rotatable bonds is 5. The van der Waals surface area contributed by atoms with Gasteiger partial charge in [-0.05, 0) is 45.0 Å². The van der Waals surface area contributed by atoms with E-state index in [1.807, 2.05) is 0 Å². The van der Waals surface area contributed by atoms with Crippen LogP contribution in [0.4, 0.5) is 0 Å². The van der Waals surface area contributed by atoms with Crippen molar-refractivity contribution in [1.82, 2.24) is 9.78 Å². The number of carbonyl (C=O) groups is 3. The van der Waals surface area contributed by atoms with Gasteiger partial charge in [-0.15, -0.1) is 0 Å². The first-order valence-corrected chi connectivity index (χ1v) is 8.24. The Hall–Kier alpha value is -3.28. The van der Waals surface area contributed by atoms with Crippen molar-refractivity contribution in [2.24, 2.45) is 0 Å². The Balaban J connectivity index is 2.27. The van der Waals surface area contributed by atoms with Crippen molar-refractivity contribution in [3.05, 3.63) is 59.3 Å². The second-order valence-corrected chi connectivity index (χ2v) is 5.88. The van der Waals surface area contributed by atoms with Gasteiger partial charge >= 0.3 is 5.97 Å². The lowest BCUT2D eigenvalue weighted by atomic mass is 10.1. The fourth-order valence-corrected chi connectivity index (χ4v) is 2.74. The smallest absolute Gasteiger partial charge is 0.357 e. The molecular weight excluding hydrogens is 332 g/mol. The molecule has 0 spiro atoms. The molecule has 0 N–H and O–H groups in total. The molecule has 0 bridgehead atoms. The number of hydrogen-bond donors (Lipinski definition) is 0. The molecule has 6 nitrogen and oxygen atoms in total. The zero-order valence-corrected chi connectivity index (χ0v) is 14.8. The number of ketones is 2. The van der Waals surface area contributed by atoms with E-state index in [1.54, 1.807) is 49.4 Å². The highest BCUT2D eigenvalue weighted by Crippen LogP contribution is 2.25. The highest BCUT2D eigenvalue weighted by atomic mass is 16.5. The Morgan fingerprint density at radius 3 is 2.35 bits per heavy atom. The van der Waals surface area contributed by atoms with E-state index in [2.05, 4.69) is 5.10 Å². The number of ether oxygens (including phenoxy) is 1. The van der Waals surface area contributed by atoms with Crippen molar-refractivity contribution < 1.29 is 19.1 Å². The Bertz CT molecular complexity index is 1030. The van der Waals surface area contributed by atoms with Crippen molar-refractivity contribution >= 4 is 28.4 Å². The predicted molar refractivity (Wildman–Crippen MR) is 97.0 cm³/mol. The lowest BCUT2D eigenvalue weighted by Crippen LogP contribution is -2.12. The molecule has 0 radical (unpaired) electrons. The Morgan fingerprint density at radius 1 is 1.00 bits per heavy atom. The van der Waals surface area contributed by atoms with E-state index in [1.165, 1.54) is 18.5 Å². The van der Waals surface area contributed by atoms with E-state index in [0.717, 1.165) is 0 Å². The molecule has 0 amide bonds. The molecule has 2 aromatic carbocycles. The third kappa shape index (κ3) is 3.13. The van der Waals surface area contributed by atoms with Gasteiger partial charge in [0.1, 0.15) is 0 Å². The molecule has 132 valence electrons. The molecule has 1 heterocycles. The van der Waals surface area contributed by atoms with Crippen molar-refractivity contribution in [1.29, 1.82) is 0 Å². The van der Waals surface area contributed by atoms with Gasteiger partial charge in [0.05, 0.1) is 17.8 Å². The lowest BCUT2D eigenvalue weighted by molar-refractivity contribution is 0.0518. The zero-order valence-electron chi connectivity index (χ0n) is 14.8. The van der Waals surface area contributed by atoms with Gasteiger partial charge in [-0.2, -0.15) is 5.10 Å². The maximum atomic E-state index is 12.5. The summed E-state index contributed by atoms with van der Waals surface area (Å²) in [6.45, 7) is 4.90. The molecule has 0 atom stereocenters. The molecule has 0 aliphatic rings. The van der Waals surface area contributed by atoms with Crippen molar-refractivity contribution in [3.8, 4) is 5.69 Å². The van der Waals surface area contributed by atoms with Gasteiger partial charge in [-0.3, -0.25) is 9.59 Å². The number of benzene rings is 2. The Labute approximate surface area is 150 Å². The van der Waals surface area contributed by atoms with Gasteiger partial charge in [0.15, 0.2) is 17.3 Å². The number of hydrogen-bond acceptors (Lipinski definition) is 5. The minimum Gasteiger partial charge on any atom is -0.461 e. The maximum absolute atomic E-state index is 12.5. The first kappa shape index (κ1) is 17.5. The normalized spacial score (nSPS) is 10.7. The fourth-order valence-electron chi connectivity index (χ4n) is 2.74. The van der Waals surface area contributed by atoms with Crippen LogP contribution in [0.2, 0.25) is 0 Å². The summed E-state index contributed by atoms with van der Waals surface area (Å²) in [7, 11) is 0. The lowest BCUT2D eigenvalue weighted by Gasteiger charge is -2.08. The summed E-state index contributed by atoms with van der Waals surface area (Å²) in [6.07, 6.45) is 0. The van der Waals surface area contributed by atoms with Crippen LogP contribution >= 0.6 is 0 Å². The average Bonchev–Trinajstić information content (AvgIpc) is 3.00. The number of aromatic nitrogens is 2. The van der Waals surface area contributed by atoms with E-state index in [9.17, 15) is 14.4 Å². The van der Waals surface area contributed by atoms with Gasteiger partial charge in [-0.25, -0.2) is 9.48 Å². The van der Waals surface area contributed by atoms with Crippen LogP contribution < -0.4 is 0 Å². The third-order valence-electron chi connectivity index (χ3n) is 4.04. The first-order chi connectivity index (χ1) is 12.4. The molecule has 0 saturated carbocycles. The largest absolute Gasteiger partial charge is 0.461 e. The molecule has 0 saturated heterocycles. The molecule has 0 aliphatic carbocycles. The van der Waals surface area contributed by atoms with E-state index in [0.29, 0.717) is 27.7 Å². The minimum absolute atomic E-state index is 0.0832. The Morgan fingerprint density at radius 2 is 1.69 bits per heavy atom. The molecule has 3 aromatic rings. The zero-order chi connectivity index (χ0) is 18.8. The van der Waals surface area contributed by atoms with Crippen LogP contribution in [0.25, 0.3) is 16.6 Å². The monoisotopic (exact) mass is 350 g/mol. The minimum atomic E-state index is -0.515. The molecular formula is C20H18N2O4. The van der Waals surface area contributed by atoms with Crippen molar-refractivity contribution in [2.75, 3.05) is 6.61 Å². The Kier molecular flexibility index (Phi) is 4.67. The molecule has 0 aliphatic heterocycles. The number of carbonyl (C=O) groups excluding carboxylic acids is 3. The van der Waals surface area contributed by atoms with Crippen LogP contribution in [-0.4, -0.2) is 33.9 Å². The number of nitrogens with zero attached hydrogens (tertiary/aromatic N) is 2. The van der Waals surface area contributed by atoms with Crippen LogP contribution in [0, 0.1) is 0 Å². The average molecular weight is 350 g/mol. The quantitative estimate of drug-likeness (QED) is 0.519. The SMILES string of the molecule is CCOC(=O)c1c2ccc(C(C)=O)cc2nn1-c1cccc(C(C)=O)c1. The molecule has 3 rings (SSSR count). The van der Waals surface area contributed by atoms with Crippen LogP contribution in [-0.2, 0) is 4.74 Å². The molecule has 6 heteroatoms. The summed E-state index contributed by atoms with van der Waals surface area (Å²) in [5, 5.41) is 5.07. The van der Waals surface area contributed by atoms with Gasteiger partial charge in [0.2, 0.25) is 0 Å². The van der Waals surface area contributed by atoms with E-state index >= 15 is 0 Å². The van der Waals surface area contributed by atoms with Gasteiger partial charge in [-0.1, -0.05) is 18.2 Å². The highest BCUT2D eigenvalue weighted by Gasteiger charge is 2.21. The maximum Gasteiger partial charge on any atom is 0.357 e. The number of fused-ring (bicyclic) bond motifs is 1. The fraction of sp³-hybridized carbons (Fsp3) is 0.200. The summed E-state index contributed by atoms with van der Waals surface area (Å²) in [4.78, 5) is 35.9. The van der Waals surface area contributed by atoms with Crippen LogP contribution in [0.15, 0.2) is 42.5 Å². The number of esters is 1. The topological polar surface area (TPSA) is 78.3 Å². The van der Waals surface area contributed by atoms with Crippen molar-refractivity contribution in [2.45, 2.75) is 20.8 Å². The van der Waals surface area contributed by atoms with E-state index < -0.39 is 5.97 Å². The standard InChI is InChI=1S/C20H18N2O4/c1-4-26-20(25)19-17-9-8-15(13(3)24)11-18(17)21-22(19)16-7-5-6-14(10-16)12(2)23/h5-11H,4H2,1-3H3. The first-order valence-electron chi connectivity index (χ1n) is 8.24. The molecule has 0 unspecified atom stereocenters. The number of Topliss-reactive ketones (excluding diaryl/α,β-unsaturated/α-hetero) is 2. The second kappa shape index (κ2) is 6.92. The van der Waals surface area contributed by atoms with E-state index in [-0.39, 0.29) is 23.9 Å². The van der Waals surface area contributed by atoms with Crippen LogP contribution in [0.1, 0.15) is 52.0 Å². The van der Waals surface area contributed by atoms with Gasteiger partial charge < -0.3 is 4.74 Å². The van der Waals surface area contributed by atoms with Crippen LogP contribution in [0.3, 0.4) is 0 Å². The van der Waals surface area contributed by atoms with Gasteiger partial charge in [0.25, 0.3) is 0 Å². The molecule has 1 aromatic heterocycles. The van der Waals surface area contributed by atoms with E-state index in [4.69, 9.17) is 4.74 Å². The van der Waals surface area contributed by atoms with Crippen LogP contribution in [0.5, 0.6) is 0 Å².